The minimum Gasteiger partial charge on any atom is -0.386 e. The molecule has 110 valence electrons. The molecule has 1 aliphatic heterocycles. The molecule has 6 heteroatoms. The molecule has 3 rings (SSSR count). The maximum absolute atomic E-state index is 11.1. The van der Waals surface area contributed by atoms with Crippen LogP contribution in [-0.2, 0) is 0 Å². The number of hydrogen-bond acceptors (Lipinski definition) is 5. The third-order valence-corrected chi connectivity index (χ3v) is 3.95. The zero-order chi connectivity index (χ0) is 15.0. The lowest BCUT2D eigenvalue weighted by Gasteiger charge is -2.48. The molecule has 1 aliphatic rings. The Morgan fingerprint density at radius 1 is 1.43 bits per heavy atom. The molecule has 1 aromatic heterocycles. The topological polar surface area (TPSA) is 79.5 Å². The number of aromatic nitrogens is 1. The lowest BCUT2D eigenvalue weighted by Crippen LogP contribution is -2.62. The molecule has 0 spiro atoms. The fraction of sp³-hybridized carbons (Fsp3) is 0.400. The molecule has 2 aromatic rings. The maximum Gasteiger partial charge on any atom is 0.295 e. The number of para-hydroxylation sites is 1. The van der Waals surface area contributed by atoms with E-state index in [-0.39, 0.29) is 5.69 Å². The molecule has 0 amide bonds. The minimum atomic E-state index is -0.634. The number of benzene rings is 1. The van der Waals surface area contributed by atoms with Gasteiger partial charge in [0.1, 0.15) is 5.52 Å². The Balaban J connectivity index is 1.98. The van der Waals surface area contributed by atoms with Gasteiger partial charge in [-0.15, -0.1) is 0 Å². The zero-order valence-corrected chi connectivity index (χ0v) is 11.8. The van der Waals surface area contributed by atoms with Gasteiger partial charge in [-0.05, 0) is 12.5 Å². The molecule has 21 heavy (non-hydrogen) atoms. The monoisotopic (exact) mass is 287 g/mol. The number of anilines is 1. The fourth-order valence-electron chi connectivity index (χ4n) is 3.03. The summed E-state index contributed by atoms with van der Waals surface area (Å²) in [6.07, 6.45) is 3.29. The van der Waals surface area contributed by atoms with Gasteiger partial charge in [-0.1, -0.05) is 25.5 Å². The van der Waals surface area contributed by atoms with E-state index in [0.717, 1.165) is 23.9 Å². The van der Waals surface area contributed by atoms with Gasteiger partial charge in [0.25, 0.3) is 5.69 Å². The average molecular weight is 287 g/mol. The van der Waals surface area contributed by atoms with E-state index < -0.39 is 10.5 Å². The number of hydrogen-bond donors (Lipinski definition) is 1. The highest BCUT2D eigenvalue weighted by Gasteiger charge is 2.40. The summed E-state index contributed by atoms with van der Waals surface area (Å²) < 4.78 is 0. The van der Waals surface area contributed by atoms with Gasteiger partial charge in [0, 0.05) is 36.4 Å². The van der Waals surface area contributed by atoms with Crippen molar-refractivity contribution in [2.45, 2.75) is 25.4 Å². The van der Waals surface area contributed by atoms with Crippen molar-refractivity contribution in [3.8, 4) is 0 Å². The van der Waals surface area contributed by atoms with Gasteiger partial charge in [-0.3, -0.25) is 10.1 Å². The van der Waals surface area contributed by atoms with Crippen LogP contribution in [0, 0.1) is 10.1 Å². The molecule has 1 aromatic carbocycles. The van der Waals surface area contributed by atoms with E-state index in [4.69, 9.17) is 0 Å². The van der Waals surface area contributed by atoms with E-state index in [9.17, 15) is 15.2 Å². The van der Waals surface area contributed by atoms with Crippen molar-refractivity contribution in [1.29, 1.82) is 0 Å². The zero-order valence-electron chi connectivity index (χ0n) is 11.8. The molecule has 2 heterocycles. The van der Waals surface area contributed by atoms with Crippen molar-refractivity contribution < 1.29 is 10.0 Å². The van der Waals surface area contributed by atoms with Crippen LogP contribution in [0.4, 0.5) is 11.4 Å². The summed E-state index contributed by atoms with van der Waals surface area (Å²) in [5.41, 5.74) is 0.666. The third kappa shape index (κ3) is 2.31. The highest BCUT2D eigenvalue weighted by molar-refractivity contribution is 5.97. The smallest absolute Gasteiger partial charge is 0.295 e. The van der Waals surface area contributed by atoms with E-state index in [1.165, 1.54) is 6.07 Å². The third-order valence-electron chi connectivity index (χ3n) is 3.95. The standard InChI is InChI=1S/C15H17N3O3/c1-2-7-15(19)9-17(10-15)12-6-8-16-14-11(12)4-3-5-13(14)18(20)21/h3-6,8,19H,2,7,9-10H2,1H3. The fourth-order valence-corrected chi connectivity index (χ4v) is 3.03. The summed E-state index contributed by atoms with van der Waals surface area (Å²) in [7, 11) is 0. The van der Waals surface area contributed by atoms with E-state index >= 15 is 0 Å². The summed E-state index contributed by atoms with van der Waals surface area (Å²) in [6.45, 7) is 3.16. The predicted molar refractivity (Wildman–Crippen MR) is 80.5 cm³/mol. The van der Waals surface area contributed by atoms with Crippen LogP contribution < -0.4 is 4.90 Å². The minimum absolute atomic E-state index is 0.0127. The molecule has 0 atom stereocenters. The average Bonchev–Trinajstić information content (AvgIpc) is 2.43. The van der Waals surface area contributed by atoms with Crippen molar-refractivity contribution in [1.82, 2.24) is 4.98 Å². The van der Waals surface area contributed by atoms with E-state index in [0.29, 0.717) is 18.6 Å². The summed E-state index contributed by atoms with van der Waals surface area (Å²) in [4.78, 5) is 16.9. The quantitative estimate of drug-likeness (QED) is 0.690. The second-order valence-corrected chi connectivity index (χ2v) is 5.59. The first-order chi connectivity index (χ1) is 10.0. The summed E-state index contributed by atoms with van der Waals surface area (Å²) in [5, 5.41) is 22.1. The Labute approximate surface area is 122 Å². The largest absolute Gasteiger partial charge is 0.386 e. The van der Waals surface area contributed by atoms with E-state index in [1.54, 1.807) is 12.3 Å². The van der Waals surface area contributed by atoms with Crippen LogP contribution in [-0.4, -0.2) is 33.7 Å². The van der Waals surface area contributed by atoms with Crippen molar-refractivity contribution in [3.63, 3.8) is 0 Å². The second-order valence-electron chi connectivity index (χ2n) is 5.59. The van der Waals surface area contributed by atoms with Gasteiger partial charge in [-0.25, -0.2) is 4.98 Å². The van der Waals surface area contributed by atoms with Crippen molar-refractivity contribution >= 4 is 22.3 Å². The van der Waals surface area contributed by atoms with Crippen molar-refractivity contribution in [2.75, 3.05) is 18.0 Å². The number of fused-ring (bicyclic) bond motifs is 1. The number of non-ortho nitro benzene ring substituents is 1. The Morgan fingerprint density at radius 3 is 2.86 bits per heavy atom. The molecule has 0 saturated carbocycles. The summed E-state index contributed by atoms with van der Waals surface area (Å²) >= 11 is 0. The van der Waals surface area contributed by atoms with Gasteiger partial charge in [0.2, 0.25) is 0 Å². The van der Waals surface area contributed by atoms with Crippen LogP contribution >= 0.6 is 0 Å². The Kier molecular flexibility index (Phi) is 3.25. The number of nitrogens with zero attached hydrogens (tertiary/aromatic N) is 3. The van der Waals surface area contributed by atoms with Crippen LogP contribution in [0.15, 0.2) is 30.5 Å². The second kappa shape index (κ2) is 4.96. The number of pyridine rings is 1. The lowest BCUT2D eigenvalue weighted by atomic mass is 9.88. The Morgan fingerprint density at radius 2 is 2.19 bits per heavy atom. The molecular weight excluding hydrogens is 270 g/mol. The number of β-amino-alcohol motifs (C(OH)–C–C–N with tert-alkyl or cyclic N) is 1. The molecular formula is C15H17N3O3. The predicted octanol–water partition coefficient (Wildman–Crippen LogP) is 2.49. The van der Waals surface area contributed by atoms with Crippen LogP contribution in [0.1, 0.15) is 19.8 Å². The van der Waals surface area contributed by atoms with Gasteiger partial charge in [0.05, 0.1) is 10.5 Å². The SMILES string of the molecule is CCCC1(O)CN(c2ccnc3c([N+](=O)[O-])cccc23)C1. The molecule has 0 unspecified atom stereocenters. The number of nitro benzene ring substituents is 1. The lowest BCUT2D eigenvalue weighted by molar-refractivity contribution is -0.383. The molecule has 1 N–H and O–H groups in total. The first kappa shape index (κ1) is 13.8. The van der Waals surface area contributed by atoms with Gasteiger partial charge in [0.15, 0.2) is 0 Å². The Bertz CT molecular complexity index is 696. The molecule has 1 saturated heterocycles. The van der Waals surface area contributed by atoms with Crippen LogP contribution in [0.25, 0.3) is 10.9 Å². The van der Waals surface area contributed by atoms with Gasteiger partial charge >= 0.3 is 0 Å². The summed E-state index contributed by atoms with van der Waals surface area (Å²) in [5.74, 6) is 0. The van der Waals surface area contributed by atoms with Gasteiger partial charge < -0.3 is 10.0 Å². The molecule has 1 fully saturated rings. The first-order valence-corrected chi connectivity index (χ1v) is 7.03. The van der Waals surface area contributed by atoms with E-state index in [1.807, 2.05) is 24.0 Å². The van der Waals surface area contributed by atoms with Gasteiger partial charge in [-0.2, -0.15) is 0 Å². The van der Waals surface area contributed by atoms with Crippen molar-refractivity contribution in [3.05, 3.63) is 40.6 Å². The number of aliphatic hydroxyl groups is 1. The highest BCUT2D eigenvalue weighted by atomic mass is 16.6. The molecule has 0 bridgehead atoms. The normalized spacial score (nSPS) is 16.8. The van der Waals surface area contributed by atoms with Crippen molar-refractivity contribution in [2.24, 2.45) is 0 Å². The highest BCUT2D eigenvalue weighted by Crippen LogP contribution is 2.36. The first-order valence-electron chi connectivity index (χ1n) is 7.03. The maximum atomic E-state index is 11.1. The van der Waals surface area contributed by atoms with Crippen LogP contribution in [0.3, 0.4) is 0 Å². The molecule has 6 nitrogen and oxygen atoms in total. The number of nitro groups is 1. The molecule has 0 aliphatic carbocycles. The van der Waals surface area contributed by atoms with Crippen LogP contribution in [0.2, 0.25) is 0 Å². The summed E-state index contributed by atoms with van der Waals surface area (Å²) in [6, 6.07) is 6.81. The molecule has 0 radical (unpaired) electrons. The Hall–Kier alpha value is -2.21. The van der Waals surface area contributed by atoms with E-state index in [2.05, 4.69) is 4.98 Å². The van der Waals surface area contributed by atoms with Crippen LogP contribution in [0.5, 0.6) is 0 Å². The number of rotatable bonds is 4.